The zero-order chi connectivity index (χ0) is 29.1. The van der Waals surface area contributed by atoms with Crippen molar-refractivity contribution in [2.75, 3.05) is 0 Å². The topological polar surface area (TPSA) is 164 Å². The summed E-state index contributed by atoms with van der Waals surface area (Å²) in [6.07, 6.45) is 4.24. The molecule has 216 valence electrons. The van der Waals surface area contributed by atoms with Gasteiger partial charge in [0.15, 0.2) is 5.69 Å². The second kappa shape index (κ2) is 12.2. The number of nitrogens with two attached hydrogens (primary N) is 1. The molecular formula is C29H39N5O6. The minimum atomic E-state index is -1.27. The van der Waals surface area contributed by atoms with E-state index in [0.29, 0.717) is 32.1 Å². The summed E-state index contributed by atoms with van der Waals surface area (Å²) in [7, 11) is 1.91. The molecule has 1 fully saturated rings. The Balaban J connectivity index is 1.80. The van der Waals surface area contributed by atoms with Crippen molar-refractivity contribution in [1.82, 2.24) is 19.8 Å². The van der Waals surface area contributed by atoms with Crippen LogP contribution in [0.5, 0.6) is 0 Å². The van der Waals surface area contributed by atoms with Crippen LogP contribution in [0.3, 0.4) is 0 Å². The number of rotatable bonds is 9. The number of amides is 3. The third-order valence-electron chi connectivity index (χ3n) is 7.53. The van der Waals surface area contributed by atoms with Crippen LogP contribution in [0.1, 0.15) is 79.7 Å². The highest BCUT2D eigenvalue weighted by molar-refractivity contribution is 5.98. The Morgan fingerprint density at radius 2 is 1.88 bits per heavy atom. The largest absolute Gasteiger partial charge is 0.476 e. The Labute approximate surface area is 233 Å². The summed E-state index contributed by atoms with van der Waals surface area (Å²) in [5.74, 6) is -1.74. The number of aryl methyl sites for hydroxylation is 2. The summed E-state index contributed by atoms with van der Waals surface area (Å²) in [6, 6.07) is 4.85. The Bertz CT molecular complexity index is 1370. The first-order valence-electron chi connectivity index (χ1n) is 13.8. The first-order valence-corrected chi connectivity index (χ1v) is 13.8. The number of fused-ring (bicyclic) bond motifs is 1. The molecule has 3 amide bonds. The molecular weight excluding hydrogens is 514 g/mol. The van der Waals surface area contributed by atoms with Crippen LogP contribution in [-0.2, 0) is 18.3 Å². The van der Waals surface area contributed by atoms with Gasteiger partial charge in [0.1, 0.15) is 11.8 Å². The molecule has 2 aromatic heterocycles. The van der Waals surface area contributed by atoms with Gasteiger partial charge in [-0.05, 0) is 56.6 Å². The molecule has 0 radical (unpaired) electrons. The lowest BCUT2D eigenvalue weighted by Gasteiger charge is -2.33. The van der Waals surface area contributed by atoms with Gasteiger partial charge >= 0.3 is 12.0 Å². The minimum Gasteiger partial charge on any atom is -0.476 e. The molecule has 0 aliphatic heterocycles. The first-order chi connectivity index (χ1) is 19.0. The Hall–Kier alpha value is -3.70. The van der Waals surface area contributed by atoms with Gasteiger partial charge in [0.2, 0.25) is 11.8 Å². The van der Waals surface area contributed by atoms with Crippen molar-refractivity contribution in [2.24, 2.45) is 18.7 Å². The average Bonchev–Trinajstić information content (AvgIpc) is 3.44. The number of benzene rings is 1. The number of oxazole rings is 1. The SMILES string of the molecule is Cc1oc([C@@H](Cc2cn(C)c3ccccc23)N(C(=O)N[C@H]2CC[C@H](O)CC2)C(=O)[C@@H](N)CC(C)C)nc1C(=O)O. The van der Waals surface area contributed by atoms with Crippen molar-refractivity contribution in [2.45, 2.75) is 83.5 Å². The third kappa shape index (κ3) is 6.37. The van der Waals surface area contributed by atoms with Crippen molar-refractivity contribution in [1.29, 1.82) is 0 Å². The maximum atomic E-state index is 13.9. The number of nitrogens with one attached hydrogen (secondary N) is 1. The van der Waals surface area contributed by atoms with Gasteiger partial charge in [-0.25, -0.2) is 14.6 Å². The zero-order valence-electron chi connectivity index (χ0n) is 23.5. The van der Waals surface area contributed by atoms with Gasteiger partial charge in [0.05, 0.1) is 12.1 Å². The molecule has 3 aromatic rings. The summed E-state index contributed by atoms with van der Waals surface area (Å²) >= 11 is 0. The van der Waals surface area contributed by atoms with Gasteiger partial charge < -0.3 is 30.2 Å². The van der Waals surface area contributed by atoms with Gasteiger partial charge in [0.25, 0.3) is 0 Å². The molecule has 11 nitrogen and oxygen atoms in total. The standard InChI is InChI=1S/C29H39N5O6/c1-16(2)13-22(30)27(36)34(29(39)31-19-9-11-20(35)12-10-19)24(26-32-25(28(37)38)17(3)40-26)14-18-15-33(4)23-8-6-5-7-21(18)23/h5-8,15-16,19-20,22,24,35H,9-14,30H2,1-4H3,(H,31,39)(H,37,38)/t19-,20-,22-,24+/m0/s1. The highest BCUT2D eigenvalue weighted by atomic mass is 16.4. The van der Waals surface area contributed by atoms with E-state index >= 15 is 0 Å². The molecule has 1 aromatic carbocycles. The predicted octanol–water partition coefficient (Wildman–Crippen LogP) is 3.67. The predicted molar refractivity (Wildman–Crippen MR) is 149 cm³/mol. The summed E-state index contributed by atoms with van der Waals surface area (Å²) in [6.45, 7) is 5.36. The first kappa shape index (κ1) is 29.3. The lowest BCUT2D eigenvalue weighted by atomic mass is 9.93. The zero-order valence-corrected chi connectivity index (χ0v) is 23.5. The fourth-order valence-electron chi connectivity index (χ4n) is 5.49. The van der Waals surface area contributed by atoms with Crippen LogP contribution in [0.4, 0.5) is 4.79 Å². The van der Waals surface area contributed by atoms with Crippen molar-refractivity contribution >= 4 is 28.8 Å². The van der Waals surface area contributed by atoms with Crippen LogP contribution < -0.4 is 11.1 Å². The Morgan fingerprint density at radius 3 is 2.50 bits per heavy atom. The number of carboxylic acid groups (broad SMARTS) is 1. The van der Waals surface area contributed by atoms with E-state index in [-0.39, 0.29) is 35.7 Å². The summed E-state index contributed by atoms with van der Waals surface area (Å²) < 4.78 is 7.78. The summed E-state index contributed by atoms with van der Waals surface area (Å²) in [4.78, 5) is 45.0. The molecule has 2 heterocycles. The van der Waals surface area contributed by atoms with Crippen LogP contribution >= 0.6 is 0 Å². The van der Waals surface area contributed by atoms with E-state index in [9.17, 15) is 24.6 Å². The smallest absolute Gasteiger partial charge is 0.358 e. The van der Waals surface area contributed by atoms with Crippen LogP contribution in [-0.4, -0.2) is 60.8 Å². The highest BCUT2D eigenvalue weighted by Gasteiger charge is 2.39. The number of carbonyl (C=O) groups is 3. The number of hydrogen-bond donors (Lipinski definition) is 4. The number of urea groups is 1. The Kier molecular flexibility index (Phi) is 8.95. The van der Waals surface area contributed by atoms with E-state index in [0.717, 1.165) is 21.4 Å². The fraction of sp³-hybridized carbons (Fsp3) is 0.517. The quantitative estimate of drug-likeness (QED) is 0.312. The third-order valence-corrected chi connectivity index (χ3v) is 7.53. The van der Waals surface area contributed by atoms with Crippen molar-refractivity contribution in [3.8, 4) is 0 Å². The van der Waals surface area contributed by atoms with E-state index in [1.165, 1.54) is 6.92 Å². The number of aromatic carboxylic acids is 1. The molecule has 0 bridgehead atoms. The molecule has 0 spiro atoms. The van der Waals surface area contributed by atoms with E-state index in [1.807, 2.05) is 55.9 Å². The van der Waals surface area contributed by atoms with Gasteiger partial charge in [0, 0.05) is 36.6 Å². The van der Waals surface area contributed by atoms with E-state index in [1.54, 1.807) is 0 Å². The van der Waals surface area contributed by atoms with Gasteiger partial charge in [-0.2, -0.15) is 0 Å². The molecule has 40 heavy (non-hydrogen) atoms. The second-order valence-electron chi connectivity index (χ2n) is 11.2. The van der Waals surface area contributed by atoms with E-state index in [4.69, 9.17) is 10.2 Å². The molecule has 1 aliphatic carbocycles. The molecule has 1 aliphatic rings. The van der Waals surface area contributed by atoms with Crippen LogP contribution in [0.25, 0.3) is 10.9 Å². The lowest BCUT2D eigenvalue weighted by molar-refractivity contribution is -0.132. The van der Waals surface area contributed by atoms with Gasteiger partial charge in [-0.15, -0.1) is 0 Å². The normalized spacial score (nSPS) is 19.0. The lowest BCUT2D eigenvalue weighted by Crippen LogP contribution is -2.55. The molecule has 0 saturated heterocycles. The second-order valence-corrected chi connectivity index (χ2v) is 11.2. The number of carboxylic acids is 1. The number of hydrogen-bond acceptors (Lipinski definition) is 7. The minimum absolute atomic E-state index is 0.0536. The maximum Gasteiger partial charge on any atom is 0.358 e. The van der Waals surface area contributed by atoms with E-state index in [2.05, 4.69) is 10.3 Å². The summed E-state index contributed by atoms with van der Waals surface area (Å²) in [5, 5.41) is 23.5. The molecule has 2 atom stereocenters. The molecule has 5 N–H and O–H groups in total. The van der Waals surface area contributed by atoms with Gasteiger partial charge in [-0.1, -0.05) is 32.0 Å². The molecule has 11 heteroatoms. The van der Waals surface area contributed by atoms with E-state index < -0.39 is 36.1 Å². The number of aromatic nitrogens is 2. The number of para-hydroxylation sites is 1. The number of aliphatic hydroxyl groups excluding tert-OH is 1. The Morgan fingerprint density at radius 1 is 1.20 bits per heavy atom. The monoisotopic (exact) mass is 553 g/mol. The number of imide groups is 1. The number of nitrogens with zero attached hydrogens (tertiary/aromatic N) is 3. The molecule has 1 saturated carbocycles. The van der Waals surface area contributed by atoms with Gasteiger partial charge in [-0.3, -0.25) is 9.69 Å². The average molecular weight is 554 g/mol. The number of aliphatic hydroxyl groups is 1. The molecule has 0 unspecified atom stereocenters. The van der Waals surface area contributed by atoms with Crippen LogP contribution in [0.15, 0.2) is 34.9 Å². The summed E-state index contributed by atoms with van der Waals surface area (Å²) in [5.41, 5.74) is 7.86. The number of carbonyl (C=O) groups excluding carboxylic acids is 2. The van der Waals surface area contributed by atoms with Crippen molar-refractivity contribution < 1.29 is 29.0 Å². The fourth-order valence-corrected chi connectivity index (χ4v) is 5.49. The maximum absolute atomic E-state index is 13.9. The van der Waals surface area contributed by atoms with Crippen molar-refractivity contribution in [3.63, 3.8) is 0 Å². The van der Waals surface area contributed by atoms with Crippen molar-refractivity contribution in [3.05, 3.63) is 53.4 Å². The molecule has 4 rings (SSSR count). The van der Waals surface area contributed by atoms with Crippen LogP contribution in [0.2, 0.25) is 0 Å². The highest BCUT2D eigenvalue weighted by Crippen LogP contribution is 2.32. The van der Waals surface area contributed by atoms with Crippen LogP contribution in [0, 0.1) is 12.8 Å².